The van der Waals surface area contributed by atoms with Crippen molar-refractivity contribution in [2.75, 3.05) is 0 Å². The van der Waals surface area contributed by atoms with Gasteiger partial charge in [-0.3, -0.25) is 0 Å². The van der Waals surface area contributed by atoms with E-state index in [9.17, 15) is 0 Å². The van der Waals surface area contributed by atoms with Crippen molar-refractivity contribution in [1.29, 1.82) is 0 Å². The molecule has 4 heteroatoms. The zero-order chi connectivity index (χ0) is 45.5. The summed E-state index contributed by atoms with van der Waals surface area (Å²) in [5.41, 5.74) is 18.7. The third kappa shape index (κ3) is 5.95. The highest BCUT2D eigenvalue weighted by atomic mass is 15.0. The SMILES string of the molecule is c1ccc(-c2cc(-c3ccc(-n4c5ccccc5c5cc6c(cc54)-c4cc5c7ccccc7n(-c7ccccc7)c5cc4C6(c4ccccc4)c4ccccc4)cc3)nc(-c3ccccc3)n2)cc1. The van der Waals surface area contributed by atoms with E-state index in [1.165, 1.54) is 66.0 Å². The zero-order valence-electron chi connectivity index (χ0n) is 37.5. The maximum Gasteiger partial charge on any atom is 0.160 e. The fourth-order valence-corrected chi connectivity index (χ4v) is 11.4. The molecule has 0 spiro atoms. The van der Waals surface area contributed by atoms with Gasteiger partial charge in [0.15, 0.2) is 5.82 Å². The van der Waals surface area contributed by atoms with E-state index in [1.54, 1.807) is 0 Å². The van der Waals surface area contributed by atoms with Gasteiger partial charge in [0.25, 0.3) is 0 Å². The van der Waals surface area contributed by atoms with E-state index in [-0.39, 0.29) is 0 Å². The fourth-order valence-electron chi connectivity index (χ4n) is 11.4. The summed E-state index contributed by atoms with van der Waals surface area (Å²) < 4.78 is 4.90. The van der Waals surface area contributed by atoms with Crippen LogP contribution in [0.2, 0.25) is 0 Å². The van der Waals surface area contributed by atoms with Gasteiger partial charge in [-0.25, -0.2) is 9.97 Å². The Labute approximate surface area is 399 Å². The second-order valence-corrected chi connectivity index (χ2v) is 18.1. The van der Waals surface area contributed by atoms with Crippen LogP contribution in [0.1, 0.15) is 22.3 Å². The summed E-state index contributed by atoms with van der Waals surface area (Å²) >= 11 is 0. The maximum atomic E-state index is 5.16. The molecular formula is C65H42N4. The Morgan fingerprint density at radius 1 is 0.290 bits per heavy atom. The van der Waals surface area contributed by atoms with Crippen LogP contribution in [0.15, 0.2) is 255 Å². The van der Waals surface area contributed by atoms with Crippen LogP contribution in [0.4, 0.5) is 0 Å². The van der Waals surface area contributed by atoms with E-state index < -0.39 is 5.41 Å². The number of hydrogen-bond acceptors (Lipinski definition) is 2. The van der Waals surface area contributed by atoms with Gasteiger partial charge in [0.05, 0.1) is 38.9 Å². The summed E-state index contributed by atoms with van der Waals surface area (Å²) in [6.45, 7) is 0. The summed E-state index contributed by atoms with van der Waals surface area (Å²) in [5.74, 6) is 0.705. The number of hydrogen-bond donors (Lipinski definition) is 0. The number of rotatable bonds is 7. The molecule has 0 fully saturated rings. The van der Waals surface area contributed by atoms with Crippen LogP contribution in [0.3, 0.4) is 0 Å². The number of fused-ring (bicyclic) bond motifs is 9. The quantitative estimate of drug-likeness (QED) is 0.160. The number of benzene rings is 10. The molecule has 0 N–H and O–H groups in total. The lowest BCUT2D eigenvalue weighted by Crippen LogP contribution is -2.28. The van der Waals surface area contributed by atoms with E-state index in [0.717, 1.165) is 50.5 Å². The molecular weight excluding hydrogens is 837 g/mol. The third-order valence-electron chi connectivity index (χ3n) is 14.4. The second kappa shape index (κ2) is 15.5. The topological polar surface area (TPSA) is 35.6 Å². The summed E-state index contributed by atoms with van der Waals surface area (Å²) in [5, 5.41) is 4.91. The van der Waals surface area contributed by atoms with Crippen LogP contribution in [0.25, 0.3) is 100 Å². The van der Waals surface area contributed by atoms with Gasteiger partial charge < -0.3 is 9.13 Å². The molecule has 3 heterocycles. The van der Waals surface area contributed by atoms with Gasteiger partial charge in [-0.2, -0.15) is 0 Å². The zero-order valence-corrected chi connectivity index (χ0v) is 37.5. The molecule has 10 aromatic carbocycles. The Bertz CT molecular complexity index is 3980. The van der Waals surface area contributed by atoms with Gasteiger partial charge in [0, 0.05) is 49.6 Å². The summed E-state index contributed by atoms with van der Waals surface area (Å²) in [7, 11) is 0. The van der Waals surface area contributed by atoms with Crippen molar-refractivity contribution in [3.8, 4) is 56.4 Å². The molecule has 69 heavy (non-hydrogen) atoms. The first-order valence-corrected chi connectivity index (χ1v) is 23.7. The minimum Gasteiger partial charge on any atom is -0.309 e. The Morgan fingerprint density at radius 3 is 1.29 bits per heavy atom. The Hall–Kier alpha value is -9.12. The van der Waals surface area contributed by atoms with E-state index in [4.69, 9.17) is 9.97 Å². The minimum atomic E-state index is -0.604. The van der Waals surface area contributed by atoms with Crippen molar-refractivity contribution < 1.29 is 0 Å². The molecule has 4 nitrogen and oxygen atoms in total. The number of para-hydroxylation sites is 3. The molecule has 0 saturated carbocycles. The highest BCUT2D eigenvalue weighted by molar-refractivity contribution is 6.15. The molecule has 0 radical (unpaired) electrons. The van der Waals surface area contributed by atoms with Crippen molar-refractivity contribution in [1.82, 2.24) is 19.1 Å². The van der Waals surface area contributed by atoms with Crippen LogP contribution in [0.5, 0.6) is 0 Å². The fraction of sp³-hybridized carbons (Fsp3) is 0.0154. The van der Waals surface area contributed by atoms with Gasteiger partial charge in [0.1, 0.15) is 0 Å². The maximum absolute atomic E-state index is 5.16. The van der Waals surface area contributed by atoms with Gasteiger partial charge in [-0.05, 0) is 100 Å². The standard InChI is InChI=1S/C65H42N4/c1-6-20-43(21-7-1)58-42-59(67-64(66-58)45-22-8-2-9-23-45)44-34-36-49(37-35-44)69-61-33-19-17-31-51(61)55-39-56-53(40-62(55)69)52-38-54-50-30-16-18-32-60(50)68(48-28-14-5-15-29-48)63(54)41-57(52)65(56,46-24-10-3-11-25-46)47-26-12-4-13-27-47/h1-42H. The van der Waals surface area contributed by atoms with Crippen LogP contribution < -0.4 is 0 Å². The van der Waals surface area contributed by atoms with Gasteiger partial charge in [-0.1, -0.05) is 188 Å². The van der Waals surface area contributed by atoms with Crippen molar-refractivity contribution in [3.63, 3.8) is 0 Å². The summed E-state index contributed by atoms with van der Waals surface area (Å²) in [6, 6.07) is 92.5. The average Bonchev–Trinajstić information content (AvgIpc) is 4.04. The van der Waals surface area contributed by atoms with E-state index in [2.05, 4.69) is 240 Å². The molecule has 0 bridgehead atoms. The minimum absolute atomic E-state index is 0.604. The van der Waals surface area contributed by atoms with Gasteiger partial charge in [0.2, 0.25) is 0 Å². The molecule has 1 aliphatic rings. The van der Waals surface area contributed by atoms with Crippen LogP contribution in [-0.2, 0) is 5.41 Å². The predicted molar refractivity (Wildman–Crippen MR) is 284 cm³/mol. The largest absolute Gasteiger partial charge is 0.309 e. The Kier molecular flexibility index (Phi) is 8.77. The summed E-state index contributed by atoms with van der Waals surface area (Å²) in [4.78, 5) is 10.2. The lowest BCUT2D eigenvalue weighted by atomic mass is 9.67. The van der Waals surface area contributed by atoms with Gasteiger partial charge >= 0.3 is 0 Å². The molecule has 0 atom stereocenters. The first kappa shape index (κ1) is 39.1. The molecule has 0 aliphatic heterocycles. The summed E-state index contributed by atoms with van der Waals surface area (Å²) in [6.07, 6.45) is 0. The van der Waals surface area contributed by atoms with Crippen molar-refractivity contribution >= 4 is 43.6 Å². The third-order valence-corrected chi connectivity index (χ3v) is 14.4. The second-order valence-electron chi connectivity index (χ2n) is 18.1. The van der Waals surface area contributed by atoms with E-state index in [0.29, 0.717) is 5.82 Å². The van der Waals surface area contributed by atoms with E-state index >= 15 is 0 Å². The molecule has 13 aromatic rings. The predicted octanol–water partition coefficient (Wildman–Crippen LogP) is 16.0. The number of nitrogens with zero attached hydrogens (tertiary/aromatic N) is 4. The first-order chi connectivity index (χ1) is 34.2. The Morgan fingerprint density at radius 2 is 0.710 bits per heavy atom. The van der Waals surface area contributed by atoms with Crippen LogP contribution in [0, 0.1) is 0 Å². The van der Waals surface area contributed by atoms with E-state index in [1.807, 2.05) is 24.3 Å². The van der Waals surface area contributed by atoms with Crippen molar-refractivity contribution in [3.05, 3.63) is 277 Å². The molecule has 14 rings (SSSR count). The number of aromatic nitrogens is 4. The van der Waals surface area contributed by atoms with Crippen molar-refractivity contribution in [2.45, 2.75) is 5.41 Å². The monoisotopic (exact) mass is 878 g/mol. The molecule has 1 aliphatic carbocycles. The molecule has 0 saturated heterocycles. The van der Waals surface area contributed by atoms with Crippen LogP contribution in [-0.4, -0.2) is 19.1 Å². The molecule has 3 aromatic heterocycles. The molecule has 322 valence electrons. The normalized spacial score (nSPS) is 12.8. The highest BCUT2D eigenvalue weighted by Crippen LogP contribution is 2.59. The lowest BCUT2D eigenvalue weighted by Gasteiger charge is -2.34. The van der Waals surface area contributed by atoms with Crippen molar-refractivity contribution in [2.24, 2.45) is 0 Å². The highest BCUT2D eigenvalue weighted by Gasteiger charge is 2.47. The molecule has 0 unspecified atom stereocenters. The first-order valence-electron chi connectivity index (χ1n) is 23.7. The average molecular weight is 879 g/mol. The molecule has 0 amide bonds. The Balaban J connectivity index is 1.02. The lowest BCUT2D eigenvalue weighted by molar-refractivity contribution is 0.770. The smallest absolute Gasteiger partial charge is 0.160 e. The van der Waals surface area contributed by atoms with Gasteiger partial charge in [-0.15, -0.1) is 0 Å². The van der Waals surface area contributed by atoms with Crippen LogP contribution >= 0.6 is 0 Å².